The fourth-order valence-corrected chi connectivity index (χ4v) is 3.89. The first kappa shape index (κ1) is 17.5. The number of nitrogens with one attached hydrogen (secondary N) is 1. The number of hydrogen-bond donors (Lipinski definition) is 2. The van der Waals surface area contributed by atoms with Gasteiger partial charge in [0, 0.05) is 9.35 Å². The van der Waals surface area contributed by atoms with Crippen LogP contribution in [0.3, 0.4) is 0 Å². The number of primary amides is 1. The summed E-state index contributed by atoms with van der Waals surface area (Å²) in [4.78, 5) is 25.3. The van der Waals surface area contributed by atoms with Crippen molar-refractivity contribution in [3.05, 3.63) is 44.2 Å². The number of halogens is 1. The van der Waals surface area contributed by atoms with Crippen molar-refractivity contribution in [3.8, 4) is 5.75 Å². The van der Waals surface area contributed by atoms with Gasteiger partial charge < -0.3 is 15.8 Å². The van der Waals surface area contributed by atoms with Crippen LogP contribution < -0.4 is 15.8 Å². The largest absolute Gasteiger partial charge is 0.496 e. The lowest BCUT2D eigenvalue weighted by Gasteiger charge is -2.10. The van der Waals surface area contributed by atoms with E-state index in [0.29, 0.717) is 28.3 Å². The molecule has 0 fully saturated rings. The lowest BCUT2D eigenvalue weighted by Crippen LogP contribution is -2.18. The van der Waals surface area contributed by atoms with Gasteiger partial charge in [-0.3, -0.25) is 9.59 Å². The number of nitrogens with two attached hydrogens (primary N) is 1. The van der Waals surface area contributed by atoms with Crippen LogP contribution in [0.4, 0.5) is 5.00 Å². The zero-order valence-electron chi connectivity index (χ0n) is 13.0. The summed E-state index contributed by atoms with van der Waals surface area (Å²) in [5.41, 5.74) is 7.12. The van der Waals surface area contributed by atoms with Gasteiger partial charge in [0.25, 0.3) is 11.8 Å². The van der Waals surface area contributed by atoms with Gasteiger partial charge in [0.05, 0.1) is 18.2 Å². The maximum Gasteiger partial charge on any atom is 0.260 e. The SMILES string of the molecule is CCc1c(C)sc(NC(=O)c2cc(Br)ccc2OC)c1C(N)=O. The third kappa shape index (κ3) is 3.56. The minimum absolute atomic E-state index is 0.352. The number of carbonyl (C=O) groups is 2. The Balaban J connectivity index is 2.42. The van der Waals surface area contributed by atoms with Crippen LogP contribution in [0.5, 0.6) is 5.75 Å². The van der Waals surface area contributed by atoms with E-state index >= 15 is 0 Å². The van der Waals surface area contributed by atoms with Crippen molar-refractivity contribution in [1.82, 2.24) is 0 Å². The van der Waals surface area contributed by atoms with E-state index in [2.05, 4.69) is 21.2 Å². The van der Waals surface area contributed by atoms with E-state index in [9.17, 15) is 9.59 Å². The van der Waals surface area contributed by atoms with Gasteiger partial charge in [0.1, 0.15) is 10.8 Å². The van der Waals surface area contributed by atoms with Crippen LogP contribution in [0.2, 0.25) is 0 Å². The standard InChI is InChI=1S/C16H17BrN2O3S/c1-4-10-8(2)23-16(13(10)14(18)20)19-15(21)11-7-9(17)5-6-12(11)22-3/h5-7H,4H2,1-3H3,(H2,18,20)(H,19,21). The highest BCUT2D eigenvalue weighted by atomic mass is 79.9. The van der Waals surface area contributed by atoms with Gasteiger partial charge in [0.15, 0.2) is 0 Å². The van der Waals surface area contributed by atoms with Gasteiger partial charge in [-0.25, -0.2) is 0 Å². The normalized spacial score (nSPS) is 10.4. The van der Waals surface area contributed by atoms with E-state index in [1.165, 1.54) is 18.4 Å². The zero-order chi connectivity index (χ0) is 17.1. The average molecular weight is 397 g/mol. The number of methoxy groups -OCH3 is 1. The fourth-order valence-electron chi connectivity index (χ4n) is 2.38. The number of anilines is 1. The molecule has 122 valence electrons. The molecular formula is C16H17BrN2O3S. The van der Waals surface area contributed by atoms with Crippen LogP contribution >= 0.6 is 27.3 Å². The first-order valence-corrected chi connectivity index (χ1v) is 8.56. The second-order valence-electron chi connectivity index (χ2n) is 4.86. The molecule has 0 saturated carbocycles. The Morgan fingerprint density at radius 2 is 2.09 bits per heavy atom. The summed E-state index contributed by atoms with van der Waals surface area (Å²) in [6, 6.07) is 5.15. The van der Waals surface area contributed by atoms with Crippen molar-refractivity contribution in [2.24, 2.45) is 5.73 Å². The molecule has 0 aliphatic carbocycles. The Bertz CT molecular complexity index is 771. The summed E-state index contributed by atoms with van der Waals surface area (Å²) in [6.45, 7) is 3.86. The van der Waals surface area contributed by atoms with Crippen molar-refractivity contribution in [3.63, 3.8) is 0 Å². The van der Waals surface area contributed by atoms with Gasteiger partial charge >= 0.3 is 0 Å². The van der Waals surface area contributed by atoms with Crippen molar-refractivity contribution in [1.29, 1.82) is 0 Å². The van der Waals surface area contributed by atoms with Crippen LogP contribution in [-0.4, -0.2) is 18.9 Å². The molecular weight excluding hydrogens is 380 g/mol. The van der Waals surface area contributed by atoms with E-state index in [4.69, 9.17) is 10.5 Å². The molecule has 3 N–H and O–H groups in total. The first-order valence-electron chi connectivity index (χ1n) is 6.96. The molecule has 0 spiro atoms. The minimum atomic E-state index is -0.539. The highest BCUT2D eigenvalue weighted by Gasteiger charge is 2.22. The number of hydrogen-bond acceptors (Lipinski definition) is 4. The molecule has 2 aromatic rings. The topological polar surface area (TPSA) is 81.4 Å². The van der Waals surface area contributed by atoms with Gasteiger partial charge in [-0.2, -0.15) is 0 Å². The number of carbonyl (C=O) groups excluding carboxylic acids is 2. The number of rotatable bonds is 5. The molecule has 0 bridgehead atoms. The van der Waals surface area contributed by atoms with Gasteiger partial charge in [0.2, 0.25) is 0 Å². The van der Waals surface area contributed by atoms with Gasteiger partial charge in [-0.1, -0.05) is 22.9 Å². The highest BCUT2D eigenvalue weighted by molar-refractivity contribution is 9.10. The molecule has 0 saturated heterocycles. The van der Waals surface area contributed by atoms with Crippen LogP contribution in [0, 0.1) is 6.92 Å². The summed E-state index contributed by atoms with van der Waals surface area (Å²) >= 11 is 4.69. The number of aryl methyl sites for hydroxylation is 1. The van der Waals surface area contributed by atoms with Crippen molar-refractivity contribution in [2.75, 3.05) is 12.4 Å². The van der Waals surface area contributed by atoms with Crippen LogP contribution in [-0.2, 0) is 6.42 Å². The maximum absolute atomic E-state index is 12.6. The number of amides is 2. The summed E-state index contributed by atoms with van der Waals surface area (Å²) in [5, 5.41) is 3.25. The van der Waals surface area contributed by atoms with Gasteiger partial charge in [-0.05, 0) is 37.1 Å². The molecule has 0 aliphatic heterocycles. The lowest BCUT2D eigenvalue weighted by atomic mass is 10.1. The minimum Gasteiger partial charge on any atom is -0.496 e. The molecule has 2 rings (SSSR count). The van der Waals surface area contributed by atoms with E-state index in [-0.39, 0.29) is 5.91 Å². The molecule has 1 aromatic heterocycles. The van der Waals surface area contributed by atoms with E-state index in [1.54, 1.807) is 18.2 Å². The predicted molar refractivity (Wildman–Crippen MR) is 95.6 cm³/mol. The Hall–Kier alpha value is -1.86. The molecule has 0 aliphatic rings. The van der Waals surface area contributed by atoms with Crippen LogP contribution in [0.15, 0.2) is 22.7 Å². The second kappa shape index (κ2) is 7.14. The van der Waals surface area contributed by atoms with E-state index in [0.717, 1.165) is 14.9 Å². The first-order chi connectivity index (χ1) is 10.9. The Morgan fingerprint density at radius 1 is 1.39 bits per heavy atom. The number of thiophene rings is 1. The summed E-state index contributed by atoms with van der Waals surface area (Å²) in [6.07, 6.45) is 0.677. The third-order valence-electron chi connectivity index (χ3n) is 3.44. The van der Waals surface area contributed by atoms with Crippen LogP contribution in [0.1, 0.15) is 38.1 Å². The summed E-state index contributed by atoms with van der Waals surface area (Å²) in [7, 11) is 1.50. The Kier molecular flexibility index (Phi) is 5.43. The number of ether oxygens (including phenoxy) is 1. The highest BCUT2D eigenvalue weighted by Crippen LogP contribution is 2.34. The van der Waals surface area contributed by atoms with E-state index < -0.39 is 5.91 Å². The fraction of sp³-hybridized carbons (Fsp3) is 0.250. The van der Waals surface area contributed by atoms with Crippen molar-refractivity contribution >= 4 is 44.1 Å². The molecule has 2 amide bonds. The molecule has 5 nitrogen and oxygen atoms in total. The second-order valence-corrected chi connectivity index (χ2v) is 7.00. The molecule has 1 aromatic carbocycles. The average Bonchev–Trinajstić information content (AvgIpc) is 2.82. The lowest BCUT2D eigenvalue weighted by molar-refractivity contribution is 0.100. The molecule has 23 heavy (non-hydrogen) atoms. The maximum atomic E-state index is 12.6. The molecule has 1 heterocycles. The monoisotopic (exact) mass is 396 g/mol. The summed E-state index contributed by atoms with van der Waals surface area (Å²) in [5.74, 6) is -0.437. The predicted octanol–water partition coefficient (Wildman–Crippen LogP) is 3.74. The quantitative estimate of drug-likeness (QED) is 0.807. The summed E-state index contributed by atoms with van der Waals surface area (Å²) < 4.78 is 5.98. The van der Waals surface area contributed by atoms with Crippen molar-refractivity contribution < 1.29 is 14.3 Å². The number of benzene rings is 1. The smallest absolute Gasteiger partial charge is 0.260 e. The Labute approximate surface area is 147 Å². The van der Waals surface area contributed by atoms with Crippen molar-refractivity contribution in [2.45, 2.75) is 20.3 Å². The molecule has 7 heteroatoms. The molecule has 0 unspecified atom stereocenters. The Morgan fingerprint density at radius 3 is 2.65 bits per heavy atom. The molecule has 0 atom stereocenters. The van der Waals surface area contributed by atoms with Crippen LogP contribution in [0.25, 0.3) is 0 Å². The van der Waals surface area contributed by atoms with E-state index in [1.807, 2.05) is 13.8 Å². The molecule has 0 radical (unpaired) electrons. The third-order valence-corrected chi connectivity index (χ3v) is 5.00. The zero-order valence-corrected chi connectivity index (χ0v) is 15.4. The van der Waals surface area contributed by atoms with Gasteiger partial charge in [-0.15, -0.1) is 11.3 Å².